The number of piperidine rings is 1. The highest BCUT2D eigenvalue weighted by Crippen LogP contribution is 2.20. The van der Waals surface area contributed by atoms with Crippen molar-refractivity contribution in [3.8, 4) is 0 Å². The van der Waals surface area contributed by atoms with Gasteiger partial charge >= 0.3 is 0 Å². The zero-order valence-corrected chi connectivity index (χ0v) is 16.5. The summed E-state index contributed by atoms with van der Waals surface area (Å²) in [6, 6.07) is 10.9. The van der Waals surface area contributed by atoms with Crippen LogP contribution in [0.4, 0.5) is 15.8 Å². The number of likely N-dealkylation sites (tertiary alicyclic amines) is 1. The molecule has 0 aromatic heterocycles. The van der Waals surface area contributed by atoms with Crippen molar-refractivity contribution in [2.45, 2.75) is 37.1 Å². The SMILES string of the molecule is C[C@H](Nc1ccc(NS(=O)(=O)c2ccc(F)cc2)cc1)C(=O)N1CCCCC1. The largest absolute Gasteiger partial charge is 0.374 e. The Kier molecular flexibility index (Phi) is 6.18. The third kappa shape index (κ3) is 5.01. The van der Waals surface area contributed by atoms with Crippen LogP contribution in [-0.2, 0) is 14.8 Å². The highest BCUT2D eigenvalue weighted by atomic mass is 32.2. The Bertz CT molecular complexity index is 909. The smallest absolute Gasteiger partial charge is 0.261 e. The molecule has 0 saturated carbocycles. The first-order valence-electron chi connectivity index (χ1n) is 9.29. The molecule has 2 N–H and O–H groups in total. The van der Waals surface area contributed by atoms with Crippen molar-refractivity contribution in [2.24, 2.45) is 0 Å². The van der Waals surface area contributed by atoms with Gasteiger partial charge < -0.3 is 10.2 Å². The molecule has 0 spiro atoms. The van der Waals surface area contributed by atoms with Gasteiger partial charge in [-0.2, -0.15) is 0 Å². The lowest BCUT2D eigenvalue weighted by Gasteiger charge is -2.29. The summed E-state index contributed by atoms with van der Waals surface area (Å²) in [5.41, 5.74) is 1.10. The number of halogens is 1. The van der Waals surface area contributed by atoms with Gasteiger partial charge in [-0.3, -0.25) is 9.52 Å². The number of rotatable bonds is 6. The van der Waals surface area contributed by atoms with Gasteiger partial charge in [0.25, 0.3) is 10.0 Å². The van der Waals surface area contributed by atoms with Crippen molar-refractivity contribution in [1.82, 2.24) is 4.90 Å². The second-order valence-corrected chi connectivity index (χ2v) is 8.57. The predicted octanol–water partition coefficient (Wildman–Crippen LogP) is 3.44. The highest BCUT2D eigenvalue weighted by molar-refractivity contribution is 7.92. The predicted molar refractivity (Wildman–Crippen MR) is 107 cm³/mol. The number of anilines is 2. The van der Waals surface area contributed by atoms with Crippen molar-refractivity contribution in [3.63, 3.8) is 0 Å². The molecule has 0 radical (unpaired) electrons. The molecule has 150 valence electrons. The van der Waals surface area contributed by atoms with Crippen molar-refractivity contribution in [3.05, 3.63) is 54.3 Å². The number of carbonyl (C=O) groups is 1. The summed E-state index contributed by atoms with van der Waals surface area (Å²) in [4.78, 5) is 14.3. The molecule has 1 atom stereocenters. The molecule has 2 aromatic rings. The van der Waals surface area contributed by atoms with Gasteiger partial charge in [0.1, 0.15) is 11.9 Å². The third-order valence-corrected chi connectivity index (χ3v) is 6.08. The molecule has 8 heteroatoms. The maximum absolute atomic E-state index is 13.0. The summed E-state index contributed by atoms with van der Waals surface area (Å²) in [6.45, 7) is 3.42. The van der Waals surface area contributed by atoms with Crippen LogP contribution < -0.4 is 10.0 Å². The van der Waals surface area contributed by atoms with E-state index in [1.54, 1.807) is 24.3 Å². The van der Waals surface area contributed by atoms with E-state index in [0.717, 1.165) is 43.8 Å². The van der Waals surface area contributed by atoms with Gasteiger partial charge in [0, 0.05) is 24.5 Å². The quantitative estimate of drug-likeness (QED) is 0.772. The van der Waals surface area contributed by atoms with Gasteiger partial charge in [-0.05, 0) is 74.7 Å². The molecule has 0 aliphatic carbocycles. The summed E-state index contributed by atoms with van der Waals surface area (Å²) < 4.78 is 40.1. The lowest BCUT2D eigenvalue weighted by molar-refractivity contribution is -0.132. The van der Waals surface area contributed by atoms with E-state index in [1.807, 2.05) is 11.8 Å². The number of carbonyl (C=O) groups excluding carboxylic acids is 1. The molecule has 0 unspecified atom stereocenters. The number of sulfonamides is 1. The molecule has 1 aliphatic heterocycles. The fraction of sp³-hybridized carbons (Fsp3) is 0.350. The molecule has 1 heterocycles. The van der Waals surface area contributed by atoms with Gasteiger partial charge in [0.2, 0.25) is 5.91 Å². The van der Waals surface area contributed by atoms with E-state index >= 15 is 0 Å². The molecule has 1 fully saturated rings. The topological polar surface area (TPSA) is 78.5 Å². The van der Waals surface area contributed by atoms with Gasteiger partial charge in [-0.15, -0.1) is 0 Å². The number of hydrogen-bond donors (Lipinski definition) is 2. The van der Waals surface area contributed by atoms with E-state index in [9.17, 15) is 17.6 Å². The molecule has 1 saturated heterocycles. The number of amides is 1. The monoisotopic (exact) mass is 405 g/mol. The summed E-state index contributed by atoms with van der Waals surface area (Å²) in [5.74, 6) is -0.427. The van der Waals surface area contributed by atoms with E-state index in [0.29, 0.717) is 5.69 Å². The van der Waals surface area contributed by atoms with Crippen molar-refractivity contribution in [2.75, 3.05) is 23.1 Å². The minimum Gasteiger partial charge on any atom is -0.374 e. The Balaban J connectivity index is 1.61. The molecule has 3 rings (SSSR count). The average molecular weight is 405 g/mol. The van der Waals surface area contributed by atoms with Crippen LogP contribution >= 0.6 is 0 Å². The third-order valence-electron chi connectivity index (χ3n) is 4.68. The van der Waals surface area contributed by atoms with Crippen molar-refractivity contribution < 1.29 is 17.6 Å². The van der Waals surface area contributed by atoms with E-state index in [-0.39, 0.29) is 16.8 Å². The molecule has 0 bridgehead atoms. The standard InChI is InChI=1S/C20H24FN3O3S/c1-15(20(25)24-13-3-2-4-14-24)22-17-7-9-18(10-8-17)23-28(26,27)19-11-5-16(21)6-12-19/h5-12,15,22-23H,2-4,13-14H2,1H3/t15-/m0/s1. The first-order chi connectivity index (χ1) is 13.3. The molecule has 6 nitrogen and oxygen atoms in total. The van der Waals surface area contributed by atoms with Crippen molar-refractivity contribution >= 4 is 27.3 Å². The maximum Gasteiger partial charge on any atom is 0.261 e. The Hall–Kier alpha value is -2.61. The Labute approximate surface area is 164 Å². The average Bonchev–Trinajstić information content (AvgIpc) is 2.69. The molecule has 2 aromatic carbocycles. The Morgan fingerprint density at radius 2 is 1.54 bits per heavy atom. The van der Waals surface area contributed by atoms with Gasteiger partial charge in [0.05, 0.1) is 4.90 Å². The molecular weight excluding hydrogens is 381 g/mol. The summed E-state index contributed by atoms with van der Waals surface area (Å²) in [6.07, 6.45) is 3.25. The van der Waals surface area contributed by atoms with Gasteiger partial charge in [-0.1, -0.05) is 0 Å². The van der Waals surface area contributed by atoms with Crippen LogP contribution in [0.3, 0.4) is 0 Å². The van der Waals surface area contributed by atoms with Crippen LogP contribution in [0, 0.1) is 5.82 Å². The Morgan fingerprint density at radius 1 is 0.964 bits per heavy atom. The lowest BCUT2D eigenvalue weighted by atomic mass is 10.1. The zero-order chi connectivity index (χ0) is 20.1. The van der Waals surface area contributed by atoms with Gasteiger partial charge in [0.15, 0.2) is 0 Å². The van der Waals surface area contributed by atoms with E-state index in [1.165, 1.54) is 18.6 Å². The van der Waals surface area contributed by atoms with Crippen LogP contribution in [0.25, 0.3) is 0 Å². The van der Waals surface area contributed by atoms with Crippen LogP contribution in [-0.4, -0.2) is 38.4 Å². The van der Waals surface area contributed by atoms with Crippen molar-refractivity contribution in [1.29, 1.82) is 0 Å². The first kappa shape index (κ1) is 20.1. The maximum atomic E-state index is 13.0. The molecule has 1 aliphatic rings. The summed E-state index contributed by atoms with van der Waals surface area (Å²) in [5, 5.41) is 3.16. The number of hydrogen-bond acceptors (Lipinski definition) is 4. The van der Waals surface area contributed by atoms with Crippen LogP contribution in [0.5, 0.6) is 0 Å². The zero-order valence-electron chi connectivity index (χ0n) is 15.7. The summed E-state index contributed by atoms with van der Waals surface area (Å²) >= 11 is 0. The van der Waals surface area contributed by atoms with Crippen LogP contribution in [0.2, 0.25) is 0 Å². The number of nitrogens with one attached hydrogen (secondary N) is 2. The molecule has 28 heavy (non-hydrogen) atoms. The highest BCUT2D eigenvalue weighted by Gasteiger charge is 2.22. The van der Waals surface area contributed by atoms with E-state index < -0.39 is 15.8 Å². The minimum atomic E-state index is -3.79. The van der Waals surface area contributed by atoms with E-state index in [4.69, 9.17) is 0 Å². The number of nitrogens with zero attached hydrogens (tertiary/aromatic N) is 1. The fourth-order valence-corrected chi connectivity index (χ4v) is 4.22. The normalized spacial score (nSPS) is 15.7. The summed E-state index contributed by atoms with van der Waals surface area (Å²) in [7, 11) is -3.79. The Morgan fingerprint density at radius 3 is 2.14 bits per heavy atom. The van der Waals surface area contributed by atoms with Gasteiger partial charge in [-0.25, -0.2) is 12.8 Å². The lowest BCUT2D eigenvalue weighted by Crippen LogP contribution is -2.43. The molecular formula is C20H24FN3O3S. The van der Waals surface area contributed by atoms with E-state index in [2.05, 4.69) is 10.0 Å². The number of benzene rings is 2. The fourth-order valence-electron chi connectivity index (χ4n) is 3.16. The second kappa shape index (κ2) is 8.60. The first-order valence-corrected chi connectivity index (χ1v) is 10.8. The van der Waals surface area contributed by atoms with Crippen LogP contribution in [0.1, 0.15) is 26.2 Å². The minimum absolute atomic E-state index is 0.0168. The molecule has 1 amide bonds. The second-order valence-electron chi connectivity index (χ2n) is 6.89. The van der Waals surface area contributed by atoms with Crippen LogP contribution in [0.15, 0.2) is 53.4 Å².